The average Bonchev–Trinajstić information content (AvgIpc) is 2.39. The molecule has 0 aromatic rings. The molecule has 0 amide bonds. The fourth-order valence-electron chi connectivity index (χ4n) is 3.37. The van der Waals surface area contributed by atoms with E-state index in [1.165, 1.54) is 58.5 Å². The van der Waals surface area contributed by atoms with Gasteiger partial charge in [0.25, 0.3) is 0 Å². The van der Waals surface area contributed by atoms with Crippen molar-refractivity contribution in [1.29, 1.82) is 0 Å². The van der Waals surface area contributed by atoms with Crippen molar-refractivity contribution in [2.75, 3.05) is 39.3 Å². The molecule has 0 radical (unpaired) electrons. The molecule has 18 heavy (non-hydrogen) atoms. The summed E-state index contributed by atoms with van der Waals surface area (Å²) in [5.41, 5.74) is 0. The Morgan fingerprint density at radius 2 is 1.94 bits per heavy atom. The first-order chi connectivity index (χ1) is 8.69. The Bertz CT molecular complexity index is 244. The van der Waals surface area contributed by atoms with E-state index in [1.807, 2.05) is 0 Å². The molecule has 0 spiro atoms. The van der Waals surface area contributed by atoms with E-state index in [0.29, 0.717) is 6.04 Å². The molecule has 3 heteroatoms. The Labute approximate surface area is 113 Å². The number of piperidine rings is 1. The molecule has 3 nitrogen and oxygen atoms in total. The van der Waals surface area contributed by atoms with Gasteiger partial charge in [-0.2, -0.15) is 0 Å². The van der Waals surface area contributed by atoms with Crippen LogP contribution >= 0.6 is 0 Å². The van der Waals surface area contributed by atoms with Gasteiger partial charge in [0.05, 0.1) is 0 Å². The van der Waals surface area contributed by atoms with Crippen molar-refractivity contribution in [2.24, 2.45) is 5.92 Å². The Morgan fingerprint density at radius 3 is 2.72 bits per heavy atom. The van der Waals surface area contributed by atoms with Crippen molar-refractivity contribution < 1.29 is 0 Å². The maximum Gasteiger partial charge on any atom is 0.0223 e. The second-order valence-electron chi connectivity index (χ2n) is 6.39. The highest BCUT2D eigenvalue weighted by Crippen LogP contribution is 2.19. The largest absolute Gasteiger partial charge is 0.314 e. The van der Waals surface area contributed by atoms with Crippen molar-refractivity contribution in [3.05, 3.63) is 0 Å². The van der Waals surface area contributed by atoms with Gasteiger partial charge in [0.15, 0.2) is 0 Å². The van der Waals surface area contributed by atoms with Crippen LogP contribution in [-0.2, 0) is 0 Å². The minimum Gasteiger partial charge on any atom is -0.314 e. The molecule has 2 aliphatic rings. The summed E-state index contributed by atoms with van der Waals surface area (Å²) in [7, 11) is 0. The highest BCUT2D eigenvalue weighted by molar-refractivity contribution is 4.83. The van der Waals surface area contributed by atoms with E-state index < -0.39 is 0 Å². The molecule has 2 fully saturated rings. The number of nitrogens with zero attached hydrogens (tertiary/aromatic N) is 2. The van der Waals surface area contributed by atoms with Gasteiger partial charge in [-0.05, 0) is 58.3 Å². The van der Waals surface area contributed by atoms with E-state index in [0.717, 1.165) is 12.0 Å². The molecular formula is C15H31N3. The number of hydrogen-bond acceptors (Lipinski definition) is 3. The number of likely N-dealkylation sites (tertiary alicyclic amines) is 1. The highest BCUT2D eigenvalue weighted by atomic mass is 15.2. The monoisotopic (exact) mass is 253 g/mol. The summed E-state index contributed by atoms with van der Waals surface area (Å²) >= 11 is 0. The van der Waals surface area contributed by atoms with Crippen LogP contribution in [0.2, 0.25) is 0 Å². The van der Waals surface area contributed by atoms with Crippen LogP contribution in [0.4, 0.5) is 0 Å². The van der Waals surface area contributed by atoms with Gasteiger partial charge >= 0.3 is 0 Å². The van der Waals surface area contributed by atoms with Crippen molar-refractivity contribution in [1.82, 2.24) is 15.1 Å². The summed E-state index contributed by atoms with van der Waals surface area (Å²) in [6.07, 6.45) is 4.09. The molecule has 0 saturated carbocycles. The Kier molecular flexibility index (Phi) is 5.46. The molecule has 2 rings (SSSR count). The summed E-state index contributed by atoms with van der Waals surface area (Å²) in [6, 6.07) is 1.49. The predicted octanol–water partition coefficient (Wildman–Crippen LogP) is 1.79. The maximum atomic E-state index is 3.64. The van der Waals surface area contributed by atoms with Crippen LogP contribution in [0.1, 0.15) is 40.0 Å². The van der Waals surface area contributed by atoms with Crippen LogP contribution in [0.25, 0.3) is 0 Å². The van der Waals surface area contributed by atoms with Crippen molar-refractivity contribution in [2.45, 2.75) is 52.1 Å². The van der Waals surface area contributed by atoms with Gasteiger partial charge in [-0.1, -0.05) is 13.8 Å². The lowest BCUT2D eigenvalue weighted by Gasteiger charge is -2.41. The van der Waals surface area contributed by atoms with Gasteiger partial charge < -0.3 is 10.2 Å². The second-order valence-corrected chi connectivity index (χ2v) is 6.39. The number of rotatable bonds is 2. The lowest BCUT2D eigenvalue weighted by atomic mass is 10.00. The van der Waals surface area contributed by atoms with Gasteiger partial charge in [-0.15, -0.1) is 0 Å². The lowest BCUT2D eigenvalue weighted by molar-refractivity contribution is 0.0793. The van der Waals surface area contributed by atoms with E-state index in [1.54, 1.807) is 0 Å². The Morgan fingerprint density at radius 1 is 1.11 bits per heavy atom. The molecule has 0 aromatic heterocycles. The SMILES string of the molecule is CCN1CCCC(N2CCC(C)NCC(C)C2)C1. The van der Waals surface area contributed by atoms with Crippen molar-refractivity contribution in [3.8, 4) is 0 Å². The van der Waals surface area contributed by atoms with Gasteiger partial charge in [0.1, 0.15) is 0 Å². The summed E-state index contributed by atoms with van der Waals surface area (Å²) in [6.45, 7) is 14.6. The molecular weight excluding hydrogens is 222 g/mol. The molecule has 2 heterocycles. The number of nitrogens with one attached hydrogen (secondary N) is 1. The highest BCUT2D eigenvalue weighted by Gasteiger charge is 2.26. The molecule has 2 saturated heterocycles. The molecule has 0 bridgehead atoms. The summed E-state index contributed by atoms with van der Waals surface area (Å²) < 4.78 is 0. The quantitative estimate of drug-likeness (QED) is 0.809. The zero-order chi connectivity index (χ0) is 13.0. The van der Waals surface area contributed by atoms with Crippen LogP contribution in [0, 0.1) is 5.92 Å². The number of hydrogen-bond donors (Lipinski definition) is 1. The summed E-state index contributed by atoms with van der Waals surface area (Å²) in [5.74, 6) is 0.782. The first-order valence-electron chi connectivity index (χ1n) is 7.88. The fourth-order valence-corrected chi connectivity index (χ4v) is 3.37. The van der Waals surface area contributed by atoms with Gasteiger partial charge in [0, 0.05) is 25.2 Å². The minimum atomic E-state index is 0.682. The zero-order valence-electron chi connectivity index (χ0n) is 12.5. The minimum absolute atomic E-state index is 0.682. The maximum absolute atomic E-state index is 3.64. The molecule has 2 aliphatic heterocycles. The third-order valence-electron chi connectivity index (χ3n) is 4.65. The van der Waals surface area contributed by atoms with Gasteiger partial charge in [-0.3, -0.25) is 4.90 Å². The lowest BCUT2D eigenvalue weighted by Crippen LogP contribution is -2.52. The first-order valence-corrected chi connectivity index (χ1v) is 7.88. The van der Waals surface area contributed by atoms with E-state index in [-0.39, 0.29) is 0 Å². The Hall–Kier alpha value is -0.120. The van der Waals surface area contributed by atoms with Crippen LogP contribution in [0.3, 0.4) is 0 Å². The van der Waals surface area contributed by atoms with E-state index in [9.17, 15) is 0 Å². The first kappa shape index (κ1) is 14.3. The van der Waals surface area contributed by atoms with Crippen LogP contribution in [0.5, 0.6) is 0 Å². The third kappa shape index (κ3) is 3.94. The standard InChI is InChI=1S/C15H31N3/c1-4-17-8-5-6-15(12-17)18-9-7-14(3)16-10-13(2)11-18/h13-16H,4-12H2,1-3H3. The molecule has 3 unspecified atom stereocenters. The smallest absolute Gasteiger partial charge is 0.0223 e. The van der Waals surface area contributed by atoms with E-state index >= 15 is 0 Å². The topological polar surface area (TPSA) is 18.5 Å². The second kappa shape index (κ2) is 6.88. The predicted molar refractivity (Wildman–Crippen MR) is 78.0 cm³/mol. The zero-order valence-corrected chi connectivity index (χ0v) is 12.5. The average molecular weight is 253 g/mol. The van der Waals surface area contributed by atoms with Crippen LogP contribution < -0.4 is 5.32 Å². The number of likely N-dealkylation sites (N-methyl/N-ethyl adjacent to an activating group) is 1. The summed E-state index contributed by atoms with van der Waals surface area (Å²) in [4.78, 5) is 5.41. The van der Waals surface area contributed by atoms with E-state index in [2.05, 4.69) is 35.9 Å². The molecule has 106 valence electrons. The van der Waals surface area contributed by atoms with Gasteiger partial charge in [-0.25, -0.2) is 0 Å². The molecule has 0 aromatic carbocycles. The Balaban J connectivity index is 1.92. The molecule has 0 aliphatic carbocycles. The third-order valence-corrected chi connectivity index (χ3v) is 4.65. The van der Waals surface area contributed by atoms with Crippen LogP contribution in [-0.4, -0.2) is 61.2 Å². The van der Waals surface area contributed by atoms with Crippen molar-refractivity contribution in [3.63, 3.8) is 0 Å². The van der Waals surface area contributed by atoms with Crippen molar-refractivity contribution >= 4 is 0 Å². The van der Waals surface area contributed by atoms with E-state index in [4.69, 9.17) is 0 Å². The van der Waals surface area contributed by atoms with Crippen LogP contribution in [0.15, 0.2) is 0 Å². The fraction of sp³-hybridized carbons (Fsp3) is 1.00. The summed E-state index contributed by atoms with van der Waals surface area (Å²) in [5, 5.41) is 3.64. The molecule has 3 atom stereocenters. The normalized spacial score (nSPS) is 37.2. The molecule has 1 N–H and O–H groups in total. The van der Waals surface area contributed by atoms with Gasteiger partial charge in [0.2, 0.25) is 0 Å².